The smallest absolute Gasteiger partial charge is 0.271 e. The van der Waals surface area contributed by atoms with Crippen LogP contribution in [0.3, 0.4) is 0 Å². The van der Waals surface area contributed by atoms with Crippen LogP contribution in [-0.2, 0) is 14.3 Å². The molecule has 0 aromatic carbocycles. The minimum Gasteiger partial charge on any atom is -0.388 e. The highest BCUT2D eigenvalue weighted by molar-refractivity contribution is 5.92. The zero-order valence-electron chi connectivity index (χ0n) is 17.1. The zero-order valence-corrected chi connectivity index (χ0v) is 17.1. The van der Waals surface area contributed by atoms with Crippen LogP contribution in [0.1, 0.15) is 36.7 Å². The average molecular weight is 412 g/mol. The lowest BCUT2D eigenvalue weighted by atomic mass is 10.1. The van der Waals surface area contributed by atoms with Gasteiger partial charge in [-0.2, -0.15) is 0 Å². The van der Waals surface area contributed by atoms with Crippen molar-refractivity contribution in [2.45, 2.75) is 44.5 Å². The topological polar surface area (TPSA) is 128 Å². The SMILES string of the molecule is CO[C@H]1CN(C(C)=O)CCCN(C(=O)c2cnc[nH]2)CCCCOC[C@H](O)[C@@H]1O. The van der Waals surface area contributed by atoms with E-state index < -0.39 is 18.3 Å². The number of ether oxygens (including phenoxy) is 2. The van der Waals surface area contributed by atoms with E-state index in [4.69, 9.17) is 9.47 Å². The summed E-state index contributed by atoms with van der Waals surface area (Å²) in [5, 5.41) is 20.5. The van der Waals surface area contributed by atoms with Gasteiger partial charge in [-0.25, -0.2) is 4.98 Å². The number of hydrogen-bond donors (Lipinski definition) is 3. The van der Waals surface area contributed by atoms with Gasteiger partial charge in [0.2, 0.25) is 5.91 Å². The third-order valence-electron chi connectivity index (χ3n) is 5.05. The lowest BCUT2D eigenvalue weighted by molar-refractivity contribution is -0.136. The number of aromatic amines is 1. The third-order valence-corrected chi connectivity index (χ3v) is 5.05. The van der Waals surface area contributed by atoms with Gasteiger partial charge in [0.15, 0.2) is 0 Å². The van der Waals surface area contributed by atoms with E-state index in [1.807, 2.05) is 0 Å². The number of aliphatic hydroxyl groups excluding tert-OH is 2. The van der Waals surface area contributed by atoms with Gasteiger partial charge in [0, 0.05) is 46.8 Å². The van der Waals surface area contributed by atoms with Crippen LogP contribution in [0.5, 0.6) is 0 Å². The van der Waals surface area contributed by atoms with Crippen molar-refractivity contribution in [2.75, 3.05) is 46.5 Å². The second-order valence-corrected chi connectivity index (χ2v) is 7.19. The first-order valence-electron chi connectivity index (χ1n) is 9.93. The van der Waals surface area contributed by atoms with Gasteiger partial charge in [-0.3, -0.25) is 9.59 Å². The largest absolute Gasteiger partial charge is 0.388 e. The Morgan fingerprint density at radius 2 is 1.93 bits per heavy atom. The summed E-state index contributed by atoms with van der Waals surface area (Å²) in [7, 11) is 1.43. The average Bonchev–Trinajstić information content (AvgIpc) is 3.24. The first-order valence-corrected chi connectivity index (χ1v) is 9.93. The molecule has 0 bridgehead atoms. The number of aliphatic hydroxyl groups is 2. The molecule has 0 unspecified atom stereocenters. The molecule has 0 radical (unpaired) electrons. The van der Waals surface area contributed by atoms with Crippen LogP contribution in [0, 0.1) is 0 Å². The summed E-state index contributed by atoms with van der Waals surface area (Å²) in [4.78, 5) is 34.8. The predicted molar refractivity (Wildman–Crippen MR) is 104 cm³/mol. The fourth-order valence-corrected chi connectivity index (χ4v) is 3.28. The Balaban J connectivity index is 2.09. The zero-order chi connectivity index (χ0) is 21.2. The summed E-state index contributed by atoms with van der Waals surface area (Å²) in [6, 6.07) is 0. The van der Waals surface area contributed by atoms with E-state index in [9.17, 15) is 19.8 Å². The molecule has 2 heterocycles. The van der Waals surface area contributed by atoms with Crippen LogP contribution in [-0.4, -0.2) is 107 Å². The van der Waals surface area contributed by atoms with E-state index in [2.05, 4.69) is 9.97 Å². The Labute approximate surface area is 170 Å². The van der Waals surface area contributed by atoms with E-state index >= 15 is 0 Å². The minimum absolute atomic E-state index is 0.0299. The number of methoxy groups -OCH3 is 1. The molecule has 3 atom stereocenters. The predicted octanol–water partition coefficient (Wildman–Crippen LogP) is -0.362. The molecular weight excluding hydrogens is 380 g/mol. The van der Waals surface area contributed by atoms with Gasteiger partial charge < -0.3 is 34.5 Å². The number of nitrogens with one attached hydrogen (secondary N) is 1. The Bertz CT molecular complexity index is 626. The number of imidazole rings is 1. The highest BCUT2D eigenvalue weighted by Crippen LogP contribution is 2.11. The van der Waals surface area contributed by atoms with Crippen LogP contribution in [0.2, 0.25) is 0 Å². The van der Waals surface area contributed by atoms with Gasteiger partial charge in [-0.05, 0) is 19.3 Å². The molecule has 1 fully saturated rings. The number of H-pyrrole nitrogens is 1. The van der Waals surface area contributed by atoms with E-state index in [0.717, 1.165) is 6.42 Å². The van der Waals surface area contributed by atoms with Gasteiger partial charge in [-0.1, -0.05) is 0 Å². The van der Waals surface area contributed by atoms with Crippen molar-refractivity contribution in [3.8, 4) is 0 Å². The molecule has 10 heteroatoms. The van der Waals surface area contributed by atoms with Crippen molar-refractivity contribution in [3.05, 3.63) is 18.2 Å². The molecule has 29 heavy (non-hydrogen) atoms. The Morgan fingerprint density at radius 3 is 2.59 bits per heavy atom. The second kappa shape index (κ2) is 11.9. The van der Waals surface area contributed by atoms with Gasteiger partial charge in [-0.15, -0.1) is 0 Å². The van der Waals surface area contributed by atoms with Crippen LogP contribution >= 0.6 is 0 Å². The van der Waals surface area contributed by atoms with E-state index in [1.165, 1.54) is 26.6 Å². The molecule has 1 aromatic rings. The number of carbonyl (C=O) groups excluding carboxylic acids is 2. The van der Waals surface area contributed by atoms with Crippen LogP contribution in [0.4, 0.5) is 0 Å². The van der Waals surface area contributed by atoms with Gasteiger partial charge in [0.1, 0.15) is 24.0 Å². The van der Waals surface area contributed by atoms with Crippen molar-refractivity contribution < 1.29 is 29.3 Å². The number of hydrogen-bond acceptors (Lipinski definition) is 7. The normalized spacial score (nSPS) is 25.9. The van der Waals surface area contributed by atoms with E-state index in [0.29, 0.717) is 44.8 Å². The van der Waals surface area contributed by atoms with Crippen LogP contribution in [0.15, 0.2) is 12.5 Å². The lowest BCUT2D eigenvalue weighted by Gasteiger charge is -2.31. The van der Waals surface area contributed by atoms with Crippen molar-refractivity contribution in [3.63, 3.8) is 0 Å². The van der Waals surface area contributed by atoms with Crippen LogP contribution < -0.4 is 0 Å². The Hall–Kier alpha value is -2.01. The fourth-order valence-electron chi connectivity index (χ4n) is 3.28. The molecule has 1 aromatic heterocycles. The van der Waals surface area contributed by atoms with Crippen molar-refractivity contribution in [1.82, 2.24) is 19.8 Å². The highest BCUT2D eigenvalue weighted by atomic mass is 16.5. The Morgan fingerprint density at radius 1 is 1.21 bits per heavy atom. The maximum atomic E-state index is 12.7. The summed E-state index contributed by atoms with van der Waals surface area (Å²) in [6.07, 6.45) is 1.94. The minimum atomic E-state index is -1.18. The molecule has 2 rings (SSSR count). The molecule has 2 amide bonds. The van der Waals surface area contributed by atoms with Crippen molar-refractivity contribution in [1.29, 1.82) is 0 Å². The number of rotatable bonds is 2. The molecule has 3 N–H and O–H groups in total. The molecular formula is C19H32N4O6. The number of nitrogens with zero attached hydrogens (tertiary/aromatic N) is 3. The molecule has 164 valence electrons. The number of carbonyl (C=O) groups is 2. The summed E-state index contributed by atoms with van der Waals surface area (Å²) >= 11 is 0. The van der Waals surface area contributed by atoms with E-state index in [1.54, 1.807) is 9.80 Å². The molecule has 10 nitrogen and oxygen atoms in total. The summed E-state index contributed by atoms with van der Waals surface area (Å²) < 4.78 is 10.8. The lowest BCUT2D eigenvalue weighted by Crippen LogP contribution is -2.48. The van der Waals surface area contributed by atoms with E-state index in [-0.39, 0.29) is 25.0 Å². The molecule has 1 aliphatic rings. The third kappa shape index (κ3) is 7.07. The maximum absolute atomic E-state index is 12.7. The molecule has 1 aliphatic heterocycles. The summed E-state index contributed by atoms with van der Waals surface area (Å²) in [5.41, 5.74) is 0.424. The van der Waals surface area contributed by atoms with Crippen molar-refractivity contribution in [2.24, 2.45) is 0 Å². The molecule has 0 aliphatic carbocycles. The monoisotopic (exact) mass is 412 g/mol. The molecule has 1 saturated heterocycles. The number of amides is 2. The maximum Gasteiger partial charge on any atom is 0.271 e. The summed E-state index contributed by atoms with van der Waals surface area (Å²) in [5.74, 6) is -0.302. The first-order chi connectivity index (χ1) is 13.9. The van der Waals surface area contributed by atoms with Gasteiger partial charge >= 0.3 is 0 Å². The van der Waals surface area contributed by atoms with Gasteiger partial charge in [0.25, 0.3) is 5.91 Å². The highest BCUT2D eigenvalue weighted by Gasteiger charge is 2.29. The van der Waals surface area contributed by atoms with Crippen molar-refractivity contribution >= 4 is 11.8 Å². The number of aromatic nitrogens is 2. The molecule has 0 spiro atoms. The summed E-state index contributed by atoms with van der Waals surface area (Å²) in [6.45, 7) is 3.39. The standard InChI is InChI=1S/C19H32N4O6/c1-14(24)23-8-5-7-22(19(27)15-10-20-13-21-15)6-3-4-9-29-12-16(25)18(26)17(11-23)28-2/h10,13,16-18,25-26H,3-9,11-12H2,1-2H3,(H,20,21)/t16-,17-,18-/m0/s1. The fraction of sp³-hybridized carbons (Fsp3) is 0.737. The second-order valence-electron chi connectivity index (χ2n) is 7.19. The van der Waals surface area contributed by atoms with Crippen LogP contribution in [0.25, 0.3) is 0 Å². The molecule has 0 saturated carbocycles. The quantitative estimate of drug-likeness (QED) is 0.605. The first kappa shape index (κ1) is 23.3. The Kier molecular flexibility index (Phi) is 9.52. The van der Waals surface area contributed by atoms with Gasteiger partial charge in [0.05, 0.1) is 19.1 Å².